The fraction of sp³-hybridized carbons (Fsp3) is 0.733. The van der Waals surface area contributed by atoms with Crippen LogP contribution >= 0.6 is 11.3 Å². The molecule has 2 heteroatoms. The van der Waals surface area contributed by atoms with Crippen LogP contribution in [0.2, 0.25) is 0 Å². The van der Waals surface area contributed by atoms with Crippen LogP contribution in [0.5, 0.6) is 0 Å². The maximum Gasteiger partial charge on any atom is 0.0421 e. The van der Waals surface area contributed by atoms with Gasteiger partial charge >= 0.3 is 0 Å². The number of nitrogens with two attached hydrogens (primary N) is 1. The first-order chi connectivity index (χ1) is 8.09. The highest BCUT2D eigenvalue weighted by atomic mass is 32.1. The molecule has 0 saturated heterocycles. The molecule has 0 bridgehead atoms. The van der Waals surface area contributed by atoms with E-state index in [0.717, 1.165) is 11.8 Å². The second kappa shape index (κ2) is 5.53. The van der Waals surface area contributed by atoms with Gasteiger partial charge in [0.2, 0.25) is 0 Å². The number of hydrogen-bond donors (Lipinski definition) is 1. The van der Waals surface area contributed by atoms with Crippen molar-refractivity contribution < 1.29 is 0 Å². The molecule has 1 aliphatic rings. The Labute approximate surface area is 109 Å². The lowest BCUT2D eigenvalue weighted by molar-refractivity contribution is 0.204. The monoisotopic (exact) mass is 251 g/mol. The topological polar surface area (TPSA) is 26.0 Å². The van der Waals surface area contributed by atoms with Gasteiger partial charge in [-0.1, -0.05) is 13.8 Å². The molecular weight excluding hydrogens is 226 g/mol. The average molecular weight is 251 g/mol. The third kappa shape index (κ3) is 2.92. The molecule has 0 spiro atoms. The summed E-state index contributed by atoms with van der Waals surface area (Å²) in [5, 5.41) is 2.17. The molecule has 0 aromatic carbocycles. The van der Waals surface area contributed by atoms with Gasteiger partial charge in [-0.15, -0.1) is 11.3 Å². The fourth-order valence-electron chi connectivity index (χ4n) is 3.11. The normalized spacial score (nSPS) is 27.4. The molecule has 1 fully saturated rings. The molecule has 96 valence electrons. The molecule has 1 aromatic rings. The first kappa shape index (κ1) is 13.1. The van der Waals surface area contributed by atoms with Crippen molar-refractivity contribution in [1.82, 2.24) is 0 Å². The smallest absolute Gasteiger partial charge is 0.0421 e. The van der Waals surface area contributed by atoms with Crippen LogP contribution in [-0.4, -0.2) is 0 Å². The van der Waals surface area contributed by atoms with E-state index in [2.05, 4.69) is 32.2 Å². The van der Waals surface area contributed by atoms with Crippen LogP contribution < -0.4 is 5.73 Å². The van der Waals surface area contributed by atoms with Gasteiger partial charge in [0.25, 0.3) is 0 Å². The van der Waals surface area contributed by atoms with Crippen molar-refractivity contribution in [2.75, 3.05) is 0 Å². The molecular formula is C15H25NS. The summed E-state index contributed by atoms with van der Waals surface area (Å²) >= 11 is 1.83. The molecule has 0 radical (unpaired) electrons. The Morgan fingerprint density at radius 2 is 1.76 bits per heavy atom. The van der Waals surface area contributed by atoms with Gasteiger partial charge in [0.15, 0.2) is 0 Å². The Kier molecular flexibility index (Phi) is 4.26. The molecule has 1 unspecified atom stereocenters. The standard InChI is InChI=1S/C15H25NS/c1-10(2)12-4-6-13(7-5-12)14(16)15-11(3)8-9-17-15/h8-10,12-14H,4-7,16H2,1-3H3. The van der Waals surface area contributed by atoms with Crippen LogP contribution in [0.3, 0.4) is 0 Å². The minimum Gasteiger partial charge on any atom is -0.323 e. The quantitative estimate of drug-likeness (QED) is 0.840. The summed E-state index contributed by atoms with van der Waals surface area (Å²) in [5.41, 5.74) is 7.83. The zero-order valence-electron chi connectivity index (χ0n) is 11.3. The van der Waals surface area contributed by atoms with Crippen LogP contribution in [0.15, 0.2) is 11.4 Å². The zero-order chi connectivity index (χ0) is 12.4. The van der Waals surface area contributed by atoms with Gasteiger partial charge < -0.3 is 5.73 Å². The lowest BCUT2D eigenvalue weighted by atomic mass is 9.74. The van der Waals surface area contributed by atoms with Crippen LogP contribution in [0.25, 0.3) is 0 Å². The van der Waals surface area contributed by atoms with E-state index in [0.29, 0.717) is 5.92 Å². The first-order valence-electron chi connectivity index (χ1n) is 6.89. The van der Waals surface area contributed by atoms with E-state index in [9.17, 15) is 0 Å². The van der Waals surface area contributed by atoms with Crippen molar-refractivity contribution >= 4 is 11.3 Å². The molecule has 1 aliphatic carbocycles. The Balaban J connectivity index is 1.95. The predicted molar refractivity (Wildman–Crippen MR) is 76.3 cm³/mol. The minimum atomic E-state index is 0.281. The number of thiophene rings is 1. The van der Waals surface area contributed by atoms with Gasteiger partial charge in [0, 0.05) is 10.9 Å². The second-order valence-corrected chi connectivity index (χ2v) is 6.86. The highest BCUT2D eigenvalue weighted by Crippen LogP contribution is 2.40. The van der Waals surface area contributed by atoms with Crippen molar-refractivity contribution in [1.29, 1.82) is 0 Å². The summed E-state index contributed by atoms with van der Waals surface area (Å²) in [5.74, 6) is 2.49. The lowest BCUT2D eigenvalue weighted by Crippen LogP contribution is -2.27. The van der Waals surface area contributed by atoms with Crippen LogP contribution in [0.4, 0.5) is 0 Å². The largest absolute Gasteiger partial charge is 0.323 e. The van der Waals surface area contributed by atoms with Crippen molar-refractivity contribution in [2.24, 2.45) is 23.5 Å². The lowest BCUT2D eigenvalue weighted by Gasteiger charge is -2.33. The molecule has 2 N–H and O–H groups in total. The molecule has 0 aliphatic heterocycles. The maximum absolute atomic E-state index is 6.45. The molecule has 17 heavy (non-hydrogen) atoms. The van der Waals surface area contributed by atoms with E-state index in [-0.39, 0.29) is 6.04 Å². The average Bonchev–Trinajstić information content (AvgIpc) is 2.74. The summed E-state index contributed by atoms with van der Waals surface area (Å²) in [4.78, 5) is 1.41. The number of rotatable bonds is 3. The van der Waals surface area contributed by atoms with Crippen LogP contribution in [0.1, 0.15) is 56.0 Å². The Morgan fingerprint density at radius 3 is 2.24 bits per heavy atom. The van der Waals surface area contributed by atoms with Gasteiger partial charge in [0.05, 0.1) is 0 Å². The third-order valence-electron chi connectivity index (χ3n) is 4.47. The Bertz CT molecular complexity index is 348. The summed E-state index contributed by atoms with van der Waals surface area (Å²) in [6.45, 7) is 6.90. The SMILES string of the molecule is Cc1ccsc1C(N)C1CCC(C(C)C)CC1. The van der Waals surface area contributed by atoms with E-state index < -0.39 is 0 Å². The molecule has 1 heterocycles. The van der Waals surface area contributed by atoms with Gasteiger partial charge in [0.1, 0.15) is 0 Å². The highest BCUT2D eigenvalue weighted by molar-refractivity contribution is 7.10. The Hall–Kier alpha value is -0.340. The van der Waals surface area contributed by atoms with Gasteiger partial charge in [-0.2, -0.15) is 0 Å². The molecule has 1 saturated carbocycles. The third-order valence-corrected chi connectivity index (χ3v) is 5.59. The maximum atomic E-state index is 6.45. The van der Waals surface area contributed by atoms with Crippen molar-refractivity contribution in [3.05, 3.63) is 21.9 Å². The van der Waals surface area contributed by atoms with Gasteiger partial charge in [-0.25, -0.2) is 0 Å². The van der Waals surface area contributed by atoms with E-state index >= 15 is 0 Å². The molecule has 1 nitrogen and oxygen atoms in total. The summed E-state index contributed by atoms with van der Waals surface area (Å²) < 4.78 is 0. The van der Waals surface area contributed by atoms with Crippen LogP contribution in [-0.2, 0) is 0 Å². The summed E-state index contributed by atoms with van der Waals surface area (Å²) in [6, 6.07) is 2.47. The fourth-order valence-corrected chi connectivity index (χ4v) is 4.13. The van der Waals surface area contributed by atoms with Crippen molar-refractivity contribution in [3.63, 3.8) is 0 Å². The van der Waals surface area contributed by atoms with E-state index in [4.69, 9.17) is 5.73 Å². The number of hydrogen-bond acceptors (Lipinski definition) is 2. The van der Waals surface area contributed by atoms with Crippen molar-refractivity contribution in [2.45, 2.75) is 52.5 Å². The van der Waals surface area contributed by atoms with Crippen molar-refractivity contribution in [3.8, 4) is 0 Å². The number of aryl methyl sites for hydroxylation is 1. The van der Waals surface area contributed by atoms with E-state index in [1.54, 1.807) is 0 Å². The Morgan fingerprint density at radius 1 is 1.18 bits per heavy atom. The second-order valence-electron chi connectivity index (χ2n) is 5.91. The first-order valence-corrected chi connectivity index (χ1v) is 7.77. The molecule has 1 atom stereocenters. The molecule has 1 aromatic heterocycles. The summed E-state index contributed by atoms with van der Waals surface area (Å²) in [7, 11) is 0. The van der Waals surface area contributed by atoms with E-state index in [1.807, 2.05) is 11.3 Å². The van der Waals surface area contributed by atoms with Gasteiger partial charge in [-0.05, 0) is 67.4 Å². The van der Waals surface area contributed by atoms with E-state index in [1.165, 1.54) is 36.1 Å². The van der Waals surface area contributed by atoms with Crippen LogP contribution in [0, 0.1) is 24.7 Å². The summed E-state index contributed by atoms with van der Waals surface area (Å²) in [6.07, 6.45) is 5.39. The predicted octanol–water partition coefficient (Wildman–Crippen LogP) is 4.52. The van der Waals surface area contributed by atoms with Gasteiger partial charge in [-0.3, -0.25) is 0 Å². The minimum absolute atomic E-state index is 0.281. The zero-order valence-corrected chi connectivity index (χ0v) is 12.1. The molecule has 0 amide bonds. The highest BCUT2D eigenvalue weighted by Gasteiger charge is 2.28. The molecule has 2 rings (SSSR count).